The van der Waals surface area contributed by atoms with Gasteiger partial charge in [0.2, 0.25) is 0 Å². The number of fused-ring (bicyclic) bond motifs is 1. The van der Waals surface area contributed by atoms with Gasteiger partial charge in [0.15, 0.2) is 5.65 Å². The summed E-state index contributed by atoms with van der Waals surface area (Å²) in [5.74, 6) is 0.857. The average Bonchev–Trinajstić information content (AvgIpc) is 3.27. The highest BCUT2D eigenvalue weighted by atomic mass is 16.2. The molecule has 200 valence electrons. The molecule has 0 bridgehead atoms. The van der Waals surface area contributed by atoms with E-state index in [4.69, 9.17) is 10.2 Å². The Hall–Kier alpha value is -3.44. The van der Waals surface area contributed by atoms with Crippen LogP contribution < -0.4 is 21.5 Å². The van der Waals surface area contributed by atoms with Gasteiger partial charge in [-0.05, 0) is 25.5 Å². The monoisotopic (exact) mass is 503 g/mol. The van der Waals surface area contributed by atoms with Crippen LogP contribution in [0.2, 0.25) is 0 Å². The summed E-state index contributed by atoms with van der Waals surface area (Å²) in [6.45, 7) is 4.04. The Morgan fingerprint density at radius 2 is 1.81 bits per heavy atom. The molecule has 1 amide bonds. The second-order valence-electron chi connectivity index (χ2n) is 8.11. The SMILES string of the molecule is C1CCC1.CCCC(C)NC(=O)c1cnn2c(NC)cc(Nc3cccn(C)c3=O)nc12.CO.CO. The van der Waals surface area contributed by atoms with Gasteiger partial charge in [-0.3, -0.25) is 9.59 Å². The molecule has 11 heteroatoms. The number of rotatable bonds is 7. The number of nitrogens with zero attached hydrogens (tertiary/aromatic N) is 4. The van der Waals surface area contributed by atoms with Gasteiger partial charge >= 0.3 is 0 Å². The number of aryl methyl sites for hydroxylation is 1. The van der Waals surface area contributed by atoms with Gasteiger partial charge in [-0.2, -0.15) is 9.61 Å². The van der Waals surface area contributed by atoms with E-state index in [1.807, 2.05) is 6.92 Å². The van der Waals surface area contributed by atoms with Crippen LogP contribution in [0.25, 0.3) is 5.65 Å². The number of hydrogen-bond donors (Lipinski definition) is 5. The first-order valence-corrected chi connectivity index (χ1v) is 12.1. The third kappa shape index (κ3) is 8.35. The van der Waals surface area contributed by atoms with E-state index in [-0.39, 0.29) is 17.5 Å². The standard InChI is InChI=1S/C19H25N7O2.C4H8.2CH4O/c1-5-7-12(2)22-18(27)13-11-21-26-16(20-3)10-15(24-17(13)26)23-14-8-6-9-25(4)19(14)28;1-2-4-3-1;2*1-2/h6,8-12,20H,5,7H2,1-4H3,(H,22,27)(H,23,24);1-4H2;2*2H,1H3. The molecular formula is C25H41N7O4. The average molecular weight is 504 g/mol. The van der Waals surface area contributed by atoms with Crippen LogP contribution in [0.4, 0.5) is 17.3 Å². The molecule has 11 nitrogen and oxygen atoms in total. The molecule has 1 saturated carbocycles. The number of carbonyl (C=O) groups is 1. The number of pyridine rings is 1. The van der Waals surface area contributed by atoms with Crippen LogP contribution in [-0.2, 0) is 7.05 Å². The first-order chi connectivity index (χ1) is 17.4. The Bertz CT molecular complexity index is 1120. The summed E-state index contributed by atoms with van der Waals surface area (Å²) in [6.07, 6.45) is 11.1. The van der Waals surface area contributed by atoms with Crippen molar-refractivity contribution in [3.8, 4) is 0 Å². The minimum absolute atomic E-state index is 0.0601. The van der Waals surface area contributed by atoms with Crippen LogP contribution in [-0.4, -0.2) is 62.6 Å². The number of nitrogens with one attached hydrogen (secondary N) is 3. The maximum absolute atomic E-state index is 12.7. The lowest BCUT2D eigenvalue weighted by atomic mass is 10.0. The highest BCUT2D eigenvalue weighted by Gasteiger charge is 2.18. The fourth-order valence-electron chi connectivity index (χ4n) is 3.25. The van der Waals surface area contributed by atoms with Gasteiger partial charge in [-0.15, -0.1) is 0 Å². The predicted octanol–water partition coefficient (Wildman–Crippen LogP) is 2.91. The summed E-state index contributed by atoms with van der Waals surface area (Å²) in [5.41, 5.74) is 1.01. The Kier molecular flexibility index (Phi) is 13.8. The van der Waals surface area contributed by atoms with Crippen molar-refractivity contribution in [2.75, 3.05) is 31.9 Å². The molecule has 1 aliphatic carbocycles. The summed E-state index contributed by atoms with van der Waals surface area (Å²) < 4.78 is 3.04. The lowest BCUT2D eigenvalue weighted by molar-refractivity contribution is 0.0940. The third-order valence-electron chi connectivity index (χ3n) is 5.46. The quantitative estimate of drug-likeness (QED) is 0.331. The number of anilines is 3. The van der Waals surface area contributed by atoms with Crippen molar-refractivity contribution in [2.45, 2.75) is 58.4 Å². The van der Waals surface area contributed by atoms with E-state index in [2.05, 4.69) is 33.0 Å². The Balaban J connectivity index is 0.000000708. The zero-order valence-electron chi connectivity index (χ0n) is 22.2. The van der Waals surface area contributed by atoms with Crippen LogP contribution in [0, 0.1) is 0 Å². The van der Waals surface area contributed by atoms with E-state index in [0.717, 1.165) is 27.1 Å². The molecule has 0 radical (unpaired) electrons. The van der Waals surface area contributed by atoms with E-state index < -0.39 is 0 Å². The van der Waals surface area contributed by atoms with Gasteiger partial charge in [0.25, 0.3) is 11.5 Å². The van der Waals surface area contributed by atoms with Crippen molar-refractivity contribution >= 4 is 28.9 Å². The van der Waals surface area contributed by atoms with Crippen LogP contribution in [0.3, 0.4) is 0 Å². The molecule has 3 heterocycles. The molecule has 1 atom stereocenters. The summed E-state index contributed by atoms with van der Waals surface area (Å²) in [6, 6.07) is 5.25. The van der Waals surface area contributed by atoms with Crippen LogP contribution in [0.15, 0.2) is 35.4 Å². The number of carbonyl (C=O) groups excluding carboxylic acids is 1. The molecule has 36 heavy (non-hydrogen) atoms. The van der Waals surface area contributed by atoms with Crippen molar-refractivity contribution in [1.82, 2.24) is 24.5 Å². The third-order valence-corrected chi connectivity index (χ3v) is 5.46. The molecule has 1 unspecified atom stereocenters. The van der Waals surface area contributed by atoms with Crippen LogP contribution >= 0.6 is 0 Å². The second kappa shape index (κ2) is 16.3. The van der Waals surface area contributed by atoms with E-state index in [1.54, 1.807) is 43.0 Å². The topological polar surface area (TPSA) is 146 Å². The van der Waals surface area contributed by atoms with Gasteiger partial charge in [0.05, 0.1) is 6.20 Å². The largest absolute Gasteiger partial charge is 0.400 e. The summed E-state index contributed by atoms with van der Waals surface area (Å²) in [4.78, 5) is 29.5. The van der Waals surface area contributed by atoms with Gasteiger partial charge in [0, 0.05) is 46.6 Å². The van der Waals surface area contributed by atoms with Crippen molar-refractivity contribution in [1.29, 1.82) is 0 Å². The lowest BCUT2D eigenvalue weighted by Gasteiger charge is -2.13. The zero-order valence-corrected chi connectivity index (χ0v) is 22.2. The molecule has 1 fully saturated rings. The van der Waals surface area contributed by atoms with E-state index in [0.29, 0.717) is 28.5 Å². The molecule has 1 aliphatic rings. The number of hydrogen-bond acceptors (Lipinski definition) is 8. The Morgan fingerprint density at radius 3 is 2.36 bits per heavy atom. The van der Waals surface area contributed by atoms with Crippen molar-refractivity contribution < 1.29 is 15.0 Å². The van der Waals surface area contributed by atoms with E-state index in [9.17, 15) is 9.59 Å². The molecular weight excluding hydrogens is 462 g/mol. The zero-order chi connectivity index (χ0) is 27.1. The Labute approximate surface area is 212 Å². The first kappa shape index (κ1) is 30.6. The number of aliphatic hydroxyl groups is 2. The minimum Gasteiger partial charge on any atom is -0.400 e. The van der Waals surface area contributed by atoms with E-state index >= 15 is 0 Å². The summed E-state index contributed by atoms with van der Waals surface area (Å²) in [5, 5.41) is 27.3. The van der Waals surface area contributed by atoms with Crippen LogP contribution in [0.5, 0.6) is 0 Å². The van der Waals surface area contributed by atoms with Crippen molar-refractivity contribution in [2.24, 2.45) is 7.05 Å². The highest BCUT2D eigenvalue weighted by Crippen LogP contribution is 2.21. The summed E-state index contributed by atoms with van der Waals surface area (Å²) >= 11 is 0. The molecule has 4 rings (SSSR count). The van der Waals surface area contributed by atoms with Gasteiger partial charge in [0.1, 0.15) is 22.9 Å². The van der Waals surface area contributed by atoms with Crippen LogP contribution in [0.1, 0.15) is 62.7 Å². The molecule has 3 aromatic rings. The maximum Gasteiger partial charge on any atom is 0.274 e. The summed E-state index contributed by atoms with van der Waals surface area (Å²) in [7, 11) is 5.44. The van der Waals surface area contributed by atoms with Gasteiger partial charge in [-0.1, -0.05) is 39.0 Å². The molecule has 3 aromatic heterocycles. The Morgan fingerprint density at radius 1 is 1.17 bits per heavy atom. The number of aromatic nitrogens is 4. The van der Waals surface area contributed by atoms with E-state index in [1.165, 1.54) is 36.4 Å². The van der Waals surface area contributed by atoms with Gasteiger partial charge in [-0.25, -0.2) is 4.98 Å². The lowest BCUT2D eigenvalue weighted by Crippen LogP contribution is -2.32. The highest BCUT2D eigenvalue weighted by molar-refractivity contribution is 6.00. The molecule has 0 spiro atoms. The van der Waals surface area contributed by atoms with Crippen molar-refractivity contribution in [3.63, 3.8) is 0 Å². The number of amides is 1. The second-order valence-corrected chi connectivity index (χ2v) is 8.11. The fraction of sp³-hybridized carbons (Fsp3) is 0.520. The number of aliphatic hydroxyl groups excluding tert-OH is 2. The molecule has 0 saturated heterocycles. The first-order valence-electron chi connectivity index (χ1n) is 12.1. The predicted molar refractivity (Wildman–Crippen MR) is 144 cm³/mol. The van der Waals surface area contributed by atoms with Crippen molar-refractivity contribution in [3.05, 3.63) is 46.5 Å². The molecule has 0 aromatic carbocycles. The molecule has 0 aliphatic heterocycles. The minimum atomic E-state index is -0.224. The fourth-order valence-corrected chi connectivity index (χ4v) is 3.25. The smallest absolute Gasteiger partial charge is 0.274 e. The van der Waals surface area contributed by atoms with Gasteiger partial charge < -0.3 is 30.7 Å². The normalized spacial score (nSPS) is 12.3. The maximum atomic E-state index is 12.7. The molecule has 5 N–H and O–H groups in total.